The van der Waals surface area contributed by atoms with Crippen molar-refractivity contribution in [2.24, 2.45) is 0 Å². The number of rotatable bonds is 7. The lowest BCUT2D eigenvalue weighted by molar-refractivity contribution is -0.123. The number of benzene rings is 1. The number of amides is 2. The quantitative estimate of drug-likeness (QED) is 0.666. The summed E-state index contributed by atoms with van der Waals surface area (Å²) in [5.41, 5.74) is 0.655. The summed E-state index contributed by atoms with van der Waals surface area (Å²) in [5, 5.41) is 15.8. The number of aliphatic hydroxyl groups excluding tert-OH is 1. The third-order valence-corrected chi connectivity index (χ3v) is 2.94. The van der Waals surface area contributed by atoms with Gasteiger partial charge in [-0.1, -0.05) is 23.7 Å². The Morgan fingerprint density at radius 2 is 1.80 bits per heavy atom. The smallest absolute Gasteiger partial charge is 0.222 e. The predicted octanol–water partition coefficient (Wildman–Crippen LogP) is 1.41. The van der Waals surface area contributed by atoms with Gasteiger partial charge in [0.25, 0.3) is 0 Å². The number of halogens is 1. The van der Waals surface area contributed by atoms with Crippen LogP contribution < -0.4 is 10.6 Å². The zero-order valence-corrected chi connectivity index (χ0v) is 12.1. The van der Waals surface area contributed by atoms with E-state index in [9.17, 15) is 14.7 Å². The summed E-state index contributed by atoms with van der Waals surface area (Å²) in [6.07, 6.45) is -0.188. The standard InChI is InChI=1S/C14H19ClN2O3/c1-10(18)16-7-2-8-17-14(20)9-13(19)11-3-5-12(15)6-4-11/h3-6,13,19H,2,7-9H2,1H3,(H,16,18)(H,17,20). The fraction of sp³-hybridized carbons (Fsp3) is 0.429. The van der Waals surface area contributed by atoms with Gasteiger partial charge in [-0.25, -0.2) is 0 Å². The molecule has 6 heteroatoms. The van der Waals surface area contributed by atoms with Gasteiger partial charge in [-0.2, -0.15) is 0 Å². The van der Waals surface area contributed by atoms with Gasteiger partial charge in [0, 0.05) is 25.0 Å². The first kappa shape index (κ1) is 16.5. The van der Waals surface area contributed by atoms with Crippen LogP contribution >= 0.6 is 11.6 Å². The lowest BCUT2D eigenvalue weighted by atomic mass is 10.1. The molecule has 110 valence electrons. The number of aliphatic hydroxyl groups is 1. The molecule has 0 aliphatic carbocycles. The molecule has 0 aromatic heterocycles. The van der Waals surface area contributed by atoms with E-state index in [0.717, 1.165) is 0 Å². The monoisotopic (exact) mass is 298 g/mol. The zero-order valence-electron chi connectivity index (χ0n) is 11.4. The largest absolute Gasteiger partial charge is 0.388 e. The Morgan fingerprint density at radius 1 is 1.20 bits per heavy atom. The highest BCUT2D eigenvalue weighted by atomic mass is 35.5. The van der Waals surface area contributed by atoms with Gasteiger partial charge in [0.2, 0.25) is 11.8 Å². The Balaban J connectivity index is 2.24. The van der Waals surface area contributed by atoms with E-state index in [0.29, 0.717) is 30.1 Å². The van der Waals surface area contributed by atoms with Crippen LogP contribution in [-0.4, -0.2) is 30.0 Å². The molecule has 3 N–H and O–H groups in total. The molecule has 0 aliphatic rings. The maximum absolute atomic E-state index is 11.6. The van der Waals surface area contributed by atoms with Crippen molar-refractivity contribution < 1.29 is 14.7 Å². The van der Waals surface area contributed by atoms with Crippen LogP contribution in [0.4, 0.5) is 0 Å². The van der Waals surface area contributed by atoms with Crippen molar-refractivity contribution in [1.29, 1.82) is 0 Å². The number of nitrogens with one attached hydrogen (secondary N) is 2. The Morgan fingerprint density at radius 3 is 2.40 bits per heavy atom. The second-order valence-electron chi connectivity index (χ2n) is 4.46. The maximum atomic E-state index is 11.6. The highest BCUT2D eigenvalue weighted by Gasteiger charge is 2.12. The molecule has 0 bridgehead atoms. The molecule has 1 atom stereocenters. The predicted molar refractivity (Wildman–Crippen MR) is 77.3 cm³/mol. The average Bonchev–Trinajstić information content (AvgIpc) is 2.38. The molecule has 0 radical (unpaired) electrons. The number of hydrogen-bond acceptors (Lipinski definition) is 3. The van der Waals surface area contributed by atoms with Crippen molar-refractivity contribution in [2.45, 2.75) is 25.9 Å². The average molecular weight is 299 g/mol. The third kappa shape index (κ3) is 6.54. The lowest BCUT2D eigenvalue weighted by Gasteiger charge is -2.11. The molecule has 0 fully saturated rings. The fourth-order valence-corrected chi connectivity index (χ4v) is 1.76. The topological polar surface area (TPSA) is 78.4 Å². The summed E-state index contributed by atoms with van der Waals surface area (Å²) in [4.78, 5) is 22.2. The minimum atomic E-state index is -0.845. The highest BCUT2D eigenvalue weighted by Crippen LogP contribution is 2.18. The van der Waals surface area contributed by atoms with Gasteiger partial charge in [-0.15, -0.1) is 0 Å². The Kier molecular flexibility index (Phi) is 7.04. The minimum Gasteiger partial charge on any atom is -0.388 e. The SMILES string of the molecule is CC(=O)NCCCNC(=O)CC(O)c1ccc(Cl)cc1. The van der Waals surface area contributed by atoms with E-state index in [4.69, 9.17) is 11.6 Å². The number of carbonyl (C=O) groups excluding carboxylic acids is 2. The van der Waals surface area contributed by atoms with Crippen molar-refractivity contribution >= 4 is 23.4 Å². The molecule has 2 amide bonds. The lowest BCUT2D eigenvalue weighted by Crippen LogP contribution is -2.29. The molecule has 0 heterocycles. The van der Waals surface area contributed by atoms with Crippen molar-refractivity contribution in [3.05, 3.63) is 34.9 Å². The fourth-order valence-electron chi connectivity index (χ4n) is 1.63. The van der Waals surface area contributed by atoms with Crippen LogP contribution in [0.5, 0.6) is 0 Å². The first-order chi connectivity index (χ1) is 9.49. The van der Waals surface area contributed by atoms with Gasteiger partial charge < -0.3 is 15.7 Å². The van der Waals surface area contributed by atoms with Gasteiger partial charge in [0.05, 0.1) is 12.5 Å². The van der Waals surface area contributed by atoms with E-state index in [1.54, 1.807) is 24.3 Å². The van der Waals surface area contributed by atoms with E-state index in [-0.39, 0.29) is 18.2 Å². The summed E-state index contributed by atoms with van der Waals surface area (Å²) in [6.45, 7) is 2.43. The highest BCUT2D eigenvalue weighted by molar-refractivity contribution is 6.30. The van der Waals surface area contributed by atoms with E-state index < -0.39 is 6.10 Å². The van der Waals surface area contributed by atoms with Crippen LogP contribution in [0.15, 0.2) is 24.3 Å². The molecule has 0 saturated carbocycles. The van der Waals surface area contributed by atoms with Crippen LogP contribution in [0.25, 0.3) is 0 Å². The first-order valence-electron chi connectivity index (χ1n) is 6.43. The normalized spacial score (nSPS) is 11.8. The molecular formula is C14H19ClN2O3. The molecular weight excluding hydrogens is 280 g/mol. The van der Waals surface area contributed by atoms with Crippen molar-refractivity contribution in [1.82, 2.24) is 10.6 Å². The van der Waals surface area contributed by atoms with Crippen molar-refractivity contribution in [3.8, 4) is 0 Å². The molecule has 0 spiro atoms. The van der Waals surface area contributed by atoms with Crippen LogP contribution in [0.2, 0.25) is 5.02 Å². The Bertz CT molecular complexity index is 448. The Hall–Kier alpha value is -1.59. The van der Waals surface area contributed by atoms with E-state index >= 15 is 0 Å². The molecule has 1 rings (SSSR count). The van der Waals surface area contributed by atoms with Gasteiger partial charge in [-0.3, -0.25) is 9.59 Å². The molecule has 1 aromatic rings. The molecule has 0 aliphatic heterocycles. The number of hydrogen-bond donors (Lipinski definition) is 3. The van der Waals surface area contributed by atoms with Crippen LogP contribution in [0.3, 0.4) is 0 Å². The first-order valence-corrected chi connectivity index (χ1v) is 6.81. The van der Waals surface area contributed by atoms with Crippen LogP contribution in [0, 0.1) is 0 Å². The molecule has 5 nitrogen and oxygen atoms in total. The van der Waals surface area contributed by atoms with Gasteiger partial charge >= 0.3 is 0 Å². The van der Waals surface area contributed by atoms with E-state index in [2.05, 4.69) is 10.6 Å². The second-order valence-corrected chi connectivity index (χ2v) is 4.89. The number of carbonyl (C=O) groups is 2. The van der Waals surface area contributed by atoms with Crippen molar-refractivity contribution in [3.63, 3.8) is 0 Å². The maximum Gasteiger partial charge on any atom is 0.222 e. The molecule has 1 unspecified atom stereocenters. The third-order valence-electron chi connectivity index (χ3n) is 2.68. The van der Waals surface area contributed by atoms with Gasteiger partial charge in [-0.05, 0) is 24.1 Å². The summed E-state index contributed by atoms with van der Waals surface area (Å²) in [7, 11) is 0. The van der Waals surface area contributed by atoms with Crippen LogP contribution in [-0.2, 0) is 9.59 Å². The summed E-state index contributed by atoms with van der Waals surface area (Å²) in [5.74, 6) is -0.315. The summed E-state index contributed by atoms with van der Waals surface area (Å²) in [6, 6.07) is 6.73. The van der Waals surface area contributed by atoms with Gasteiger partial charge in [0.15, 0.2) is 0 Å². The summed E-state index contributed by atoms with van der Waals surface area (Å²) < 4.78 is 0. The zero-order chi connectivity index (χ0) is 15.0. The molecule has 1 aromatic carbocycles. The minimum absolute atomic E-state index is 0.00176. The summed E-state index contributed by atoms with van der Waals surface area (Å²) >= 11 is 5.75. The van der Waals surface area contributed by atoms with Crippen molar-refractivity contribution in [2.75, 3.05) is 13.1 Å². The molecule has 0 saturated heterocycles. The molecule has 20 heavy (non-hydrogen) atoms. The Labute approximate surface area is 123 Å². The van der Waals surface area contributed by atoms with E-state index in [1.807, 2.05) is 0 Å². The van der Waals surface area contributed by atoms with Crippen LogP contribution in [0.1, 0.15) is 31.4 Å². The van der Waals surface area contributed by atoms with E-state index in [1.165, 1.54) is 6.92 Å². The second kappa shape index (κ2) is 8.55. The van der Waals surface area contributed by atoms with Gasteiger partial charge in [0.1, 0.15) is 0 Å².